The lowest BCUT2D eigenvalue weighted by Crippen LogP contribution is -2.25. The maximum Gasteiger partial charge on any atom is 0.0876 e. The van der Waals surface area contributed by atoms with E-state index in [-0.39, 0.29) is 6.04 Å². The zero-order valence-corrected chi connectivity index (χ0v) is 14.8. The summed E-state index contributed by atoms with van der Waals surface area (Å²) in [4.78, 5) is 0. The number of halogens is 2. The van der Waals surface area contributed by atoms with E-state index in [2.05, 4.69) is 69.0 Å². The van der Waals surface area contributed by atoms with Crippen molar-refractivity contribution < 1.29 is 4.74 Å². The van der Waals surface area contributed by atoms with Crippen LogP contribution in [0.5, 0.6) is 0 Å². The van der Waals surface area contributed by atoms with Crippen LogP contribution in [-0.2, 0) is 4.74 Å². The molecule has 2 rings (SSSR count). The molecule has 0 aliphatic carbocycles. The van der Waals surface area contributed by atoms with Gasteiger partial charge in [-0.15, -0.1) is 0 Å². The Balaban J connectivity index is 2.30. The summed E-state index contributed by atoms with van der Waals surface area (Å²) in [7, 11) is 0. The third-order valence-corrected chi connectivity index (χ3v) is 4.59. The first-order chi connectivity index (χ1) is 9.22. The Morgan fingerprint density at radius 1 is 1.47 bits per heavy atom. The van der Waals surface area contributed by atoms with Gasteiger partial charge in [-0.25, -0.2) is 0 Å². The third kappa shape index (κ3) is 4.20. The summed E-state index contributed by atoms with van der Waals surface area (Å²) in [5, 5.41) is 3.64. The van der Waals surface area contributed by atoms with Crippen LogP contribution < -0.4 is 5.32 Å². The molecule has 2 nitrogen and oxygen atoms in total. The van der Waals surface area contributed by atoms with Gasteiger partial charge in [0, 0.05) is 8.04 Å². The van der Waals surface area contributed by atoms with E-state index in [1.165, 1.54) is 14.7 Å². The number of rotatable bonds is 5. The van der Waals surface area contributed by atoms with Crippen molar-refractivity contribution in [3.05, 3.63) is 43.6 Å². The Morgan fingerprint density at radius 3 is 3.00 bits per heavy atom. The lowest BCUT2D eigenvalue weighted by atomic mass is 9.95. The van der Waals surface area contributed by atoms with Gasteiger partial charge in [-0.05, 0) is 77.7 Å². The molecule has 1 aliphatic heterocycles. The van der Waals surface area contributed by atoms with Crippen molar-refractivity contribution in [2.45, 2.75) is 32.2 Å². The fraction of sp³-hybridized carbons (Fsp3) is 0.467. The molecule has 0 saturated heterocycles. The van der Waals surface area contributed by atoms with E-state index < -0.39 is 0 Å². The predicted octanol–water partition coefficient (Wildman–Crippen LogP) is 4.79. The number of hydrogen-bond donors (Lipinski definition) is 1. The SMILES string of the molecule is CCCNC(C1=COCCC1)c1cc(I)ccc1Br. The Bertz CT molecular complexity index is 461. The highest BCUT2D eigenvalue weighted by Gasteiger charge is 2.20. The minimum Gasteiger partial charge on any atom is -0.501 e. The van der Waals surface area contributed by atoms with Gasteiger partial charge in [-0.2, -0.15) is 0 Å². The quantitative estimate of drug-likeness (QED) is 0.671. The largest absolute Gasteiger partial charge is 0.501 e. The molecule has 1 atom stereocenters. The van der Waals surface area contributed by atoms with E-state index >= 15 is 0 Å². The molecule has 4 heteroatoms. The first kappa shape index (κ1) is 15.3. The smallest absolute Gasteiger partial charge is 0.0876 e. The third-order valence-electron chi connectivity index (χ3n) is 3.20. The Labute approximate surface area is 137 Å². The van der Waals surface area contributed by atoms with Crippen LogP contribution in [0.15, 0.2) is 34.5 Å². The molecular weight excluding hydrogens is 417 g/mol. The van der Waals surface area contributed by atoms with E-state index in [1.54, 1.807) is 0 Å². The number of hydrogen-bond acceptors (Lipinski definition) is 2. The summed E-state index contributed by atoms with van der Waals surface area (Å²) in [5.74, 6) is 0. The molecule has 1 aliphatic rings. The topological polar surface area (TPSA) is 21.3 Å². The molecule has 0 fully saturated rings. The van der Waals surface area contributed by atoms with E-state index in [9.17, 15) is 0 Å². The van der Waals surface area contributed by atoms with Crippen LogP contribution in [0.4, 0.5) is 0 Å². The average Bonchev–Trinajstić information content (AvgIpc) is 2.44. The van der Waals surface area contributed by atoms with Gasteiger partial charge in [-0.1, -0.05) is 22.9 Å². The van der Waals surface area contributed by atoms with Crippen molar-refractivity contribution in [1.29, 1.82) is 0 Å². The highest BCUT2D eigenvalue weighted by Crippen LogP contribution is 2.33. The van der Waals surface area contributed by atoms with Gasteiger partial charge >= 0.3 is 0 Å². The lowest BCUT2D eigenvalue weighted by molar-refractivity contribution is 0.219. The minimum atomic E-state index is 0.254. The molecule has 0 bridgehead atoms. The Hall–Kier alpha value is -0.0700. The molecule has 0 aromatic heterocycles. The monoisotopic (exact) mass is 435 g/mol. The molecule has 0 radical (unpaired) electrons. The maximum absolute atomic E-state index is 5.52. The van der Waals surface area contributed by atoms with Crippen LogP contribution in [0, 0.1) is 3.57 Å². The second kappa shape index (κ2) is 7.64. The molecule has 0 amide bonds. The van der Waals surface area contributed by atoms with Crippen LogP contribution in [0.1, 0.15) is 37.8 Å². The first-order valence-electron chi connectivity index (χ1n) is 6.71. The molecule has 1 unspecified atom stereocenters. The summed E-state index contributed by atoms with van der Waals surface area (Å²) in [5.41, 5.74) is 2.65. The van der Waals surface area contributed by atoms with Crippen molar-refractivity contribution >= 4 is 38.5 Å². The van der Waals surface area contributed by atoms with Crippen molar-refractivity contribution in [3.63, 3.8) is 0 Å². The lowest BCUT2D eigenvalue weighted by Gasteiger charge is -2.25. The van der Waals surface area contributed by atoms with Crippen molar-refractivity contribution in [2.75, 3.05) is 13.2 Å². The predicted molar refractivity (Wildman–Crippen MR) is 91.2 cm³/mol. The molecular formula is C15H19BrINO. The fourth-order valence-corrected chi connectivity index (χ4v) is 3.25. The van der Waals surface area contributed by atoms with Gasteiger partial charge in [0.1, 0.15) is 0 Å². The molecule has 1 heterocycles. The maximum atomic E-state index is 5.52. The van der Waals surface area contributed by atoms with Crippen molar-refractivity contribution in [2.24, 2.45) is 0 Å². The molecule has 0 saturated carbocycles. The normalized spacial score (nSPS) is 16.7. The zero-order chi connectivity index (χ0) is 13.7. The molecule has 1 aromatic carbocycles. The Kier molecular flexibility index (Phi) is 6.16. The summed E-state index contributed by atoms with van der Waals surface area (Å²) in [6, 6.07) is 6.75. The van der Waals surface area contributed by atoms with Crippen LogP contribution in [0.2, 0.25) is 0 Å². The first-order valence-corrected chi connectivity index (χ1v) is 8.58. The highest BCUT2D eigenvalue weighted by molar-refractivity contribution is 14.1. The summed E-state index contributed by atoms with van der Waals surface area (Å²) < 4.78 is 7.94. The Morgan fingerprint density at radius 2 is 2.32 bits per heavy atom. The van der Waals surface area contributed by atoms with E-state index in [0.717, 1.165) is 36.9 Å². The van der Waals surface area contributed by atoms with Crippen LogP contribution in [0.25, 0.3) is 0 Å². The van der Waals surface area contributed by atoms with Gasteiger partial charge in [0.15, 0.2) is 0 Å². The van der Waals surface area contributed by atoms with Crippen LogP contribution in [-0.4, -0.2) is 13.2 Å². The molecule has 1 N–H and O–H groups in total. The number of nitrogens with one attached hydrogen (secondary N) is 1. The van der Waals surface area contributed by atoms with E-state index in [1.807, 2.05) is 6.26 Å². The van der Waals surface area contributed by atoms with Crippen LogP contribution >= 0.6 is 38.5 Å². The second-order valence-corrected chi connectivity index (χ2v) is 6.82. The molecule has 19 heavy (non-hydrogen) atoms. The minimum absolute atomic E-state index is 0.254. The van der Waals surface area contributed by atoms with E-state index in [0.29, 0.717) is 0 Å². The van der Waals surface area contributed by atoms with Gasteiger partial charge in [-0.3, -0.25) is 0 Å². The van der Waals surface area contributed by atoms with E-state index in [4.69, 9.17) is 4.74 Å². The van der Waals surface area contributed by atoms with Gasteiger partial charge in [0.25, 0.3) is 0 Å². The van der Waals surface area contributed by atoms with Gasteiger partial charge in [0.05, 0.1) is 18.9 Å². The summed E-state index contributed by atoms with van der Waals surface area (Å²) in [6.07, 6.45) is 5.30. The zero-order valence-electron chi connectivity index (χ0n) is 11.1. The number of benzene rings is 1. The van der Waals surface area contributed by atoms with Crippen molar-refractivity contribution in [1.82, 2.24) is 5.32 Å². The molecule has 1 aromatic rings. The summed E-state index contributed by atoms with van der Waals surface area (Å²) >= 11 is 6.04. The highest BCUT2D eigenvalue weighted by atomic mass is 127. The molecule has 104 valence electrons. The van der Waals surface area contributed by atoms with Gasteiger partial charge in [0.2, 0.25) is 0 Å². The fourth-order valence-electron chi connectivity index (χ4n) is 2.26. The second-order valence-electron chi connectivity index (χ2n) is 4.72. The standard InChI is InChI=1S/C15H19BrINO/c1-2-7-18-15(11-4-3-8-19-10-11)13-9-12(17)5-6-14(13)16/h5-6,9-10,15,18H,2-4,7-8H2,1H3. The number of ether oxygens (including phenoxy) is 1. The summed E-state index contributed by atoms with van der Waals surface area (Å²) in [6.45, 7) is 4.05. The van der Waals surface area contributed by atoms with Crippen molar-refractivity contribution in [3.8, 4) is 0 Å². The average molecular weight is 436 g/mol. The molecule has 0 spiro atoms. The van der Waals surface area contributed by atoms with Gasteiger partial charge < -0.3 is 10.1 Å². The van der Waals surface area contributed by atoms with Crippen LogP contribution in [0.3, 0.4) is 0 Å².